The molecular weight excluding hydrogens is 466 g/mol. The lowest BCUT2D eigenvalue weighted by atomic mass is 9.87. The Morgan fingerprint density at radius 1 is 1.09 bits per heavy atom. The van der Waals surface area contributed by atoms with E-state index in [1.165, 1.54) is 28.5 Å². The van der Waals surface area contributed by atoms with E-state index in [1.807, 2.05) is 38.1 Å². The average Bonchev–Trinajstić information content (AvgIpc) is 2.79. The molecule has 0 bridgehead atoms. The summed E-state index contributed by atoms with van der Waals surface area (Å²) in [6.45, 7) is 12.2. The molecule has 0 unspecified atom stereocenters. The molecule has 1 aromatic heterocycles. The predicted octanol–water partition coefficient (Wildman–Crippen LogP) is 6.41. The van der Waals surface area contributed by atoms with E-state index < -0.39 is 0 Å². The van der Waals surface area contributed by atoms with Crippen molar-refractivity contribution in [1.82, 2.24) is 9.71 Å². The lowest BCUT2D eigenvalue weighted by Gasteiger charge is -2.20. The van der Waals surface area contributed by atoms with E-state index in [0.717, 1.165) is 16.2 Å². The molecule has 5 nitrogen and oxygen atoms in total. The molecule has 0 spiro atoms. The first-order valence-corrected chi connectivity index (χ1v) is 12.1. The van der Waals surface area contributed by atoms with Crippen LogP contribution in [0.15, 0.2) is 75.8 Å². The summed E-state index contributed by atoms with van der Waals surface area (Å²) in [5.74, 6) is 0.363. The third-order valence-electron chi connectivity index (χ3n) is 5.34. The molecule has 1 N–H and O–H groups in total. The molecule has 7 heteroatoms. The zero-order chi connectivity index (χ0) is 25.5. The summed E-state index contributed by atoms with van der Waals surface area (Å²) in [6, 6.07) is 12.1. The van der Waals surface area contributed by atoms with Crippen LogP contribution >= 0.6 is 23.5 Å². The van der Waals surface area contributed by atoms with Crippen LogP contribution in [0.4, 0.5) is 5.82 Å². The number of aldehydes is 1. The molecule has 1 amide bonds. The molecule has 1 heterocycles. The molecule has 2 aromatic rings. The van der Waals surface area contributed by atoms with Crippen molar-refractivity contribution in [2.45, 2.75) is 51.9 Å². The molecule has 1 aromatic carbocycles. The highest BCUT2D eigenvalue weighted by Gasteiger charge is 2.18. The second-order valence-corrected chi connectivity index (χ2v) is 10.3. The number of carbonyl (C=O) groups is 2. The van der Waals surface area contributed by atoms with Crippen LogP contribution in [0.25, 0.3) is 0 Å². The summed E-state index contributed by atoms with van der Waals surface area (Å²) in [6.07, 6.45) is 5.13. The number of nitrogens with one attached hydrogen (secondary N) is 1. The Kier molecular flexibility index (Phi) is 9.71. The van der Waals surface area contributed by atoms with Gasteiger partial charge in [-0.3, -0.25) is 14.5 Å². The van der Waals surface area contributed by atoms with E-state index >= 15 is 0 Å². The standard InChI is InChI=1S/C27H32ClN3O2S/c1-18-8-15-25(29-20(18)3)31(7)26(33)19(2)24(14-11-22(28)16-17-32)30-34-23-12-9-21(10-13-23)27(4,5)6/h8-17,30H,1-7H3/b14-11-,22-16-,24-19-. The van der Waals surface area contributed by atoms with Crippen molar-refractivity contribution < 1.29 is 9.59 Å². The summed E-state index contributed by atoms with van der Waals surface area (Å²) < 4.78 is 3.27. The summed E-state index contributed by atoms with van der Waals surface area (Å²) in [5, 5.41) is 0.262. The van der Waals surface area contributed by atoms with Crippen LogP contribution in [0.3, 0.4) is 0 Å². The van der Waals surface area contributed by atoms with Gasteiger partial charge in [-0.25, -0.2) is 4.98 Å². The largest absolute Gasteiger partial charge is 0.325 e. The molecule has 0 aliphatic carbocycles. The Morgan fingerprint density at radius 2 is 1.74 bits per heavy atom. The molecule has 0 aliphatic rings. The molecule has 0 aliphatic heterocycles. The molecule has 0 atom stereocenters. The number of carbonyl (C=O) groups excluding carboxylic acids is 2. The van der Waals surface area contributed by atoms with Crippen LogP contribution in [0.2, 0.25) is 0 Å². The summed E-state index contributed by atoms with van der Waals surface area (Å²) in [7, 11) is 1.70. The molecule has 0 saturated carbocycles. The van der Waals surface area contributed by atoms with Crippen molar-refractivity contribution in [1.29, 1.82) is 0 Å². The lowest BCUT2D eigenvalue weighted by Crippen LogP contribution is -2.29. The molecule has 0 radical (unpaired) electrons. The summed E-state index contributed by atoms with van der Waals surface area (Å²) in [5.41, 5.74) is 4.30. The second kappa shape index (κ2) is 12.0. The average molecular weight is 498 g/mol. The first kappa shape index (κ1) is 27.4. The van der Waals surface area contributed by atoms with Gasteiger partial charge in [0.2, 0.25) is 0 Å². The van der Waals surface area contributed by atoms with E-state index in [1.54, 1.807) is 26.1 Å². The van der Waals surface area contributed by atoms with E-state index in [-0.39, 0.29) is 16.4 Å². The number of anilines is 1. The number of rotatable bonds is 8. The lowest BCUT2D eigenvalue weighted by molar-refractivity contribution is -0.115. The second-order valence-electron chi connectivity index (χ2n) is 8.97. The molecule has 0 saturated heterocycles. The van der Waals surface area contributed by atoms with Gasteiger partial charge >= 0.3 is 0 Å². The van der Waals surface area contributed by atoms with Gasteiger partial charge in [0, 0.05) is 28.2 Å². The number of benzene rings is 1. The number of aromatic nitrogens is 1. The fraction of sp³-hybridized carbons (Fsp3) is 0.296. The van der Waals surface area contributed by atoms with E-state index in [0.29, 0.717) is 23.4 Å². The van der Waals surface area contributed by atoms with Gasteiger partial charge in [0.15, 0.2) is 0 Å². The zero-order valence-corrected chi connectivity index (χ0v) is 22.3. The van der Waals surface area contributed by atoms with Gasteiger partial charge in [0.05, 0.1) is 5.70 Å². The van der Waals surface area contributed by atoms with Crippen molar-refractivity contribution in [3.63, 3.8) is 0 Å². The number of pyridine rings is 1. The molecule has 2 rings (SSSR count). The Balaban J connectivity index is 2.33. The van der Waals surface area contributed by atoms with E-state index in [9.17, 15) is 9.59 Å². The van der Waals surface area contributed by atoms with Gasteiger partial charge in [-0.1, -0.05) is 50.6 Å². The van der Waals surface area contributed by atoms with Crippen LogP contribution in [0.1, 0.15) is 44.5 Å². The SMILES string of the molecule is C\C(C(=O)N(C)c1ccc(C)c(C)n1)=C(/C=C\C(Cl)=C\C=O)NSc1ccc(C(C)(C)C)cc1. The molecule has 0 fully saturated rings. The number of allylic oxidation sites excluding steroid dienone is 4. The minimum absolute atomic E-state index is 0.0715. The molecule has 180 valence electrons. The maximum Gasteiger partial charge on any atom is 0.256 e. The third kappa shape index (κ3) is 7.61. The number of likely N-dealkylation sites (N-methyl/N-ethyl adjacent to an activating group) is 1. The molecule has 34 heavy (non-hydrogen) atoms. The Morgan fingerprint density at radius 3 is 2.29 bits per heavy atom. The highest BCUT2D eigenvalue weighted by molar-refractivity contribution is 7.97. The number of hydrogen-bond acceptors (Lipinski definition) is 5. The minimum atomic E-state index is -0.206. The van der Waals surface area contributed by atoms with Gasteiger partial charge in [-0.2, -0.15) is 0 Å². The third-order valence-corrected chi connectivity index (χ3v) is 6.43. The van der Waals surface area contributed by atoms with Crippen LogP contribution in [-0.2, 0) is 15.0 Å². The van der Waals surface area contributed by atoms with E-state index in [2.05, 4.69) is 42.6 Å². The van der Waals surface area contributed by atoms with Crippen molar-refractivity contribution in [2.75, 3.05) is 11.9 Å². The highest BCUT2D eigenvalue weighted by atomic mass is 35.5. The number of amides is 1. The van der Waals surface area contributed by atoms with Crippen molar-refractivity contribution in [2.24, 2.45) is 0 Å². The van der Waals surface area contributed by atoms with Crippen LogP contribution in [0.5, 0.6) is 0 Å². The number of aryl methyl sites for hydroxylation is 2. The normalized spacial score (nSPS) is 13.0. The van der Waals surface area contributed by atoms with Crippen molar-refractivity contribution >= 4 is 41.6 Å². The smallest absolute Gasteiger partial charge is 0.256 e. The first-order chi connectivity index (χ1) is 15.9. The quantitative estimate of drug-likeness (QED) is 0.198. The van der Waals surface area contributed by atoms with Crippen LogP contribution < -0.4 is 9.62 Å². The number of halogens is 1. The Bertz CT molecular complexity index is 1130. The van der Waals surface area contributed by atoms with E-state index in [4.69, 9.17) is 11.6 Å². The van der Waals surface area contributed by atoms with Crippen molar-refractivity contribution in [3.8, 4) is 0 Å². The number of hydrogen-bond donors (Lipinski definition) is 1. The number of nitrogens with zero attached hydrogens (tertiary/aromatic N) is 2. The fourth-order valence-corrected chi connectivity index (χ4v) is 3.77. The fourth-order valence-electron chi connectivity index (χ4n) is 2.93. The maximum atomic E-state index is 13.3. The van der Waals surface area contributed by atoms with Crippen LogP contribution in [-0.4, -0.2) is 24.2 Å². The highest BCUT2D eigenvalue weighted by Crippen LogP contribution is 2.26. The van der Waals surface area contributed by atoms with Gasteiger partial charge in [-0.15, -0.1) is 0 Å². The maximum absolute atomic E-state index is 13.3. The Labute approximate surface area is 212 Å². The minimum Gasteiger partial charge on any atom is -0.325 e. The molecular formula is C27H32ClN3O2S. The first-order valence-electron chi connectivity index (χ1n) is 10.9. The van der Waals surface area contributed by atoms with Gasteiger partial charge in [0.25, 0.3) is 5.91 Å². The summed E-state index contributed by atoms with van der Waals surface area (Å²) in [4.78, 5) is 31.0. The topological polar surface area (TPSA) is 62.3 Å². The van der Waals surface area contributed by atoms with Gasteiger partial charge < -0.3 is 4.72 Å². The van der Waals surface area contributed by atoms with Gasteiger partial charge in [-0.05, 0) is 85.7 Å². The van der Waals surface area contributed by atoms with Gasteiger partial charge in [0.1, 0.15) is 12.1 Å². The van der Waals surface area contributed by atoms with Crippen molar-refractivity contribution in [3.05, 3.63) is 87.7 Å². The van der Waals surface area contributed by atoms with Crippen LogP contribution in [0, 0.1) is 13.8 Å². The summed E-state index contributed by atoms with van der Waals surface area (Å²) >= 11 is 7.45. The monoisotopic (exact) mass is 497 g/mol. The Hall–Kier alpha value is -2.83. The predicted molar refractivity (Wildman–Crippen MR) is 143 cm³/mol. The zero-order valence-electron chi connectivity index (χ0n) is 20.8.